The average Bonchev–Trinajstić information content (AvgIpc) is 1.78. The lowest BCUT2D eigenvalue weighted by atomic mass is 10.3. The highest BCUT2D eigenvalue weighted by atomic mass is 16.7. The molecule has 0 aromatic heterocycles. The number of carbonyl (C=O) groups is 1. The summed E-state index contributed by atoms with van der Waals surface area (Å²) in [5.41, 5.74) is 0. The molecule has 1 aliphatic rings. The van der Waals surface area contributed by atoms with Gasteiger partial charge in [-0.15, -0.1) is 0 Å². The van der Waals surface area contributed by atoms with Gasteiger partial charge in [-0.2, -0.15) is 0 Å². The van der Waals surface area contributed by atoms with Gasteiger partial charge in [-0.25, -0.2) is 0 Å². The number of ether oxygens (including phenoxy) is 2. The van der Waals surface area contributed by atoms with Gasteiger partial charge in [0.15, 0.2) is 0 Å². The summed E-state index contributed by atoms with van der Waals surface area (Å²) in [6.45, 7) is 2.49. The summed E-state index contributed by atoms with van der Waals surface area (Å²) < 4.78 is 9.63. The molecule has 1 aliphatic heterocycles. The van der Waals surface area contributed by atoms with E-state index >= 15 is 0 Å². The zero-order valence-corrected chi connectivity index (χ0v) is 5.42. The van der Waals surface area contributed by atoms with Crippen molar-refractivity contribution in [3.63, 3.8) is 0 Å². The van der Waals surface area contributed by atoms with Gasteiger partial charge >= 0.3 is 5.97 Å². The van der Waals surface area contributed by atoms with E-state index in [2.05, 4.69) is 0 Å². The summed E-state index contributed by atoms with van der Waals surface area (Å²) >= 11 is 0. The molecule has 0 radical (unpaired) electrons. The first-order valence-electron chi connectivity index (χ1n) is 3.14. The highest BCUT2D eigenvalue weighted by Crippen LogP contribution is 2.12. The Morgan fingerprint density at radius 1 is 1.89 bits per heavy atom. The van der Waals surface area contributed by atoms with Gasteiger partial charge in [0.05, 0.1) is 6.61 Å². The third kappa shape index (κ3) is 1.68. The van der Waals surface area contributed by atoms with Crippen LogP contribution in [0.3, 0.4) is 0 Å². The first-order valence-corrected chi connectivity index (χ1v) is 3.14. The quantitative estimate of drug-likeness (QED) is 0.516. The van der Waals surface area contributed by atoms with Crippen molar-refractivity contribution in [3.05, 3.63) is 0 Å². The Labute approximate surface area is 53.9 Å². The number of hydrogen-bond acceptors (Lipinski definition) is 3. The number of rotatable bonds is 2. The second-order valence-electron chi connectivity index (χ2n) is 1.93. The molecular formula is C6H10O3. The summed E-state index contributed by atoms with van der Waals surface area (Å²) in [5, 5.41) is 0. The van der Waals surface area contributed by atoms with Crippen LogP contribution in [0.5, 0.6) is 0 Å². The molecule has 9 heavy (non-hydrogen) atoms. The van der Waals surface area contributed by atoms with Gasteiger partial charge in [-0.1, -0.05) is 6.92 Å². The van der Waals surface area contributed by atoms with Crippen molar-refractivity contribution in [1.82, 2.24) is 0 Å². The van der Waals surface area contributed by atoms with E-state index in [0.29, 0.717) is 6.42 Å². The Balaban J connectivity index is 2.09. The van der Waals surface area contributed by atoms with Crippen LogP contribution in [0.15, 0.2) is 0 Å². The lowest BCUT2D eigenvalue weighted by Crippen LogP contribution is -2.31. The molecule has 1 atom stereocenters. The summed E-state index contributed by atoms with van der Waals surface area (Å²) in [5.74, 6) is -0.181. The van der Waals surface area contributed by atoms with Gasteiger partial charge in [-0.05, 0) is 0 Å². The van der Waals surface area contributed by atoms with Gasteiger partial charge in [0.25, 0.3) is 0 Å². The van der Waals surface area contributed by atoms with Crippen molar-refractivity contribution in [2.75, 3.05) is 6.61 Å². The van der Waals surface area contributed by atoms with Crippen LogP contribution in [0.25, 0.3) is 0 Å². The van der Waals surface area contributed by atoms with Crippen LogP contribution in [0.2, 0.25) is 0 Å². The second-order valence-corrected chi connectivity index (χ2v) is 1.93. The van der Waals surface area contributed by atoms with Crippen LogP contribution < -0.4 is 0 Å². The fourth-order valence-electron chi connectivity index (χ4n) is 0.537. The minimum Gasteiger partial charge on any atom is -0.436 e. The minimum atomic E-state index is -0.238. The number of carbonyl (C=O) groups excluding carboxylic acids is 1. The predicted molar refractivity (Wildman–Crippen MR) is 30.7 cm³/mol. The molecule has 0 aromatic carbocycles. The third-order valence-corrected chi connectivity index (χ3v) is 1.21. The Morgan fingerprint density at radius 2 is 2.56 bits per heavy atom. The van der Waals surface area contributed by atoms with E-state index in [-0.39, 0.29) is 12.3 Å². The third-order valence-electron chi connectivity index (χ3n) is 1.21. The Kier molecular flexibility index (Phi) is 2.05. The molecule has 0 aliphatic carbocycles. The molecule has 0 spiro atoms. The highest BCUT2D eigenvalue weighted by molar-refractivity contribution is 5.68. The zero-order chi connectivity index (χ0) is 6.69. The fraction of sp³-hybridized carbons (Fsp3) is 0.833. The van der Waals surface area contributed by atoms with E-state index < -0.39 is 0 Å². The number of esters is 1. The molecule has 1 heterocycles. The standard InChI is InChI=1S/C6H10O3/c1-2-5(7)9-6-3-4-8-6/h6H,2-4H2,1H3. The molecule has 52 valence electrons. The second kappa shape index (κ2) is 2.82. The van der Waals surface area contributed by atoms with E-state index in [1.807, 2.05) is 0 Å². The summed E-state index contributed by atoms with van der Waals surface area (Å²) in [7, 11) is 0. The molecule has 0 amide bonds. The Morgan fingerprint density at radius 3 is 2.89 bits per heavy atom. The summed E-state index contributed by atoms with van der Waals surface area (Å²) in [6, 6.07) is 0. The van der Waals surface area contributed by atoms with E-state index in [9.17, 15) is 4.79 Å². The van der Waals surface area contributed by atoms with Crippen LogP contribution >= 0.6 is 0 Å². The average molecular weight is 130 g/mol. The van der Waals surface area contributed by atoms with Crippen LogP contribution in [-0.4, -0.2) is 18.9 Å². The SMILES string of the molecule is CCC(=O)OC1CCO1. The lowest BCUT2D eigenvalue weighted by Gasteiger charge is -2.25. The summed E-state index contributed by atoms with van der Waals surface area (Å²) in [4.78, 5) is 10.5. The van der Waals surface area contributed by atoms with Crippen molar-refractivity contribution < 1.29 is 14.3 Å². The van der Waals surface area contributed by atoms with E-state index in [0.717, 1.165) is 13.0 Å². The van der Waals surface area contributed by atoms with Crippen molar-refractivity contribution in [2.45, 2.75) is 26.1 Å². The van der Waals surface area contributed by atoms with Gasteiger partial charge < -0.3 is 9.47 Å². The highest BCUT2D eigenvalue weighted by Gasteiger charge is 2.21. The molecule has 1 rings (SSSR count). The van der Waals surface area contributed by atoms with Crippen LogP contribution in [0.4, 0.5) is 0 Å². The van der Waals surface area contributed by atoms with Gasteiger partial charge in [-0.3, -0.25) is 4.79 Å². The Bertz CT molecular complexity index is 107. The number of hydrogen-bond donors (Lipinski definition) is 0. The van der Waals surface area contributed by atoms with Crippen LogP contribution in [0.1, 0.15) is 19.8 Å². The van der Waals surface area contributed by atoms with Crippen molar-refractivity contribution in [1.29, 1.82) is 0 Å². The topological polar surface area (TPSA) is 35.5 Å². The normalized spacial score (nSPS) is 24.8. The molecular weight excluding hydrogens is 120 g/mol. The van der Waals surface area contributed by atoms with Gasteiger partial charge in [0.1, 0.15) is 0 Å². The summed E-state index contributed by atoms with van der Waals surface area (Å²) in [6.07, 6.45) is 1.04. The molecule has 0 saturated carbocycles. The largest absolute Gasteiger partial charge is 0.436 e. The fourth-order valence-corrected chi connectivity index (χ4v) is 0.537. The van der Waals surface area contributed by atoms with E-state index in [4.69, 9.17) is 9.47 Å². The smallest absolute Gasteiger partial charge is 0.307 e. The maximum atomic E-state index is 10.5. The van der Waals surface area contributed by atoms with Crippen molar-refractivity contribution in [2.24, 2.45) is 0 Å². The van der Waals surface area contributed by atoms with Gasteiger partial charge in [0, 0.05) is 12.8 Å². The van der Waals surface area contributed by atoms with Gasteiger partial charge in [0.2, 0.25) is 6.29 Å². The molecule has 3 heteroatoms. The minimum absolute atomic E-state index is 0.181. The van der Waals surface area contributed by atoms with Crippen LogP contribution in [0, 0.1) is 0 Å². The van der Waals surface area contributed by atoms with Crippen molar-refractivity contribution in [3.8, 4) is 0 Å². The zero-order valence-electron chi connectivity index (χ0n) is 5.42. The molecule has 1 fully saturated rings. The predicted octanol–water partition coefficient (Wildman–Crippen LogP) is 0.686. The van der Waals surface area contributed by atoms with E-state index in [1.54, 1.807) is 6.92 Å². The molecule has 0 bridgehead atoms. The monoisotopic (exact) mass is 130 g/mol. The Hall–Kier alpha value is -0.570. The molecule has 1 saturated heterocycles. The molecule has 0 N–H and O–H groups in total. The molecule has 3 nitrogen and oxygen atoms in total. The maximum Gasteiger partial charge on any atom is 0.307 e. The van der Waals surface area contributed by atoms with Crippen molar-refractivity contribution >= 4 is 5.97 Å². The van der Waals surface area contributed by atoms with Crippen LogP contribution in [-0.2, 0) is 14.3 Å². The first-order chi connectivity index (χ1) is 4.33. The lowest BCUT2D eigenvalue weighted by molar-refractivity contribution is -0.216. The maximum absolute atomic E-state index is 10.5. The van der Waals surface area contributed by atoms with E-state index in [1.165, 1.54) is 0 Å². The molecule has 1 unspecified atom stereocenters. The molecule has 0 aromatic rings. The first kappa shape index (κ1) is 6.55.